The zero-order valence-corrected chi connectivity index (χ0v) is 11.4. The predicted molar refractivity (Wildman–Crippen MR) is 72.8 cm³/mol. The first kappa shape index (κ1) is 13.2. The zero-order valence-electron chi connectivity index (χ0n) is 9.10. The highest BCUT2D eigenvalue weighted by atomic mass is 35.5. The molecule has 1 heterocycles. The molecule has 0 aliphatic rings. The number of hydrogen-bond acceptors (Lipinski definition) is 4. The van der Waals surface area contributed by atoms with Gasteiger partial charge in [-0.1, -0.05) is 41.0 Å². The largest absolute Gasteiger partial charge is 0.245 e. The van der Waals surface area contributed by atoms with Gasteiger partial charge in [0.05, 0.1) is 0 Å². The third-order valence-electron chi connectivity index (χ3n) is 2.15. The maximum atomic E-state index is 8.90. The summed E-state index contributed by atoms with van der Waals surface area (Å²) in [4.78, 5) is 8.07. The van der Waals surface area contributed by atoms with Gasteiger partial charge in [0.15, 0.2) is 5.69 Å². The SMILES string of the molecule is N#Cc1nccnc1SCc1ccc(Cl)cc1Cl. The Labute approximate surface area is 119 Å². The third kappa shape index (κ3) is 3.14. The van der Waals surface area contributed by atoms with E-state index in [-0.39, 0.29) is 0 Å². The van der Waals surface area contributed by atoms with Gasteiger partial charge >= 0.3 is 0 Å². The van der Waals surface area contributed by atoms with Crippen LogP contribution in [0.25, 0.3) is 0 Å². The topological polar surface area (TPSA) is 49.6 Å². The van der Waals surface area contributed by atoms with Gasteiger partial charge < -0.3 is 0 Å². The Bertz CT molecular complexity index is 611. The molecule has 0 N–H and O–H groups in total. The zero-order chi connectivity index (χ0) is 13.0. The van der Waals surface area contributed by atoms with Gasteiger partial charge in [0.2, 0.25) is 0 Å². The van der Waals surface area contributed by atoms with Crippen molar-refractivity contribution in [3.8, 4) is 6.07 Å². The van der Waals surface area contributed by atoms with E-state index >= 15 is 0 Å². The maximum Gasteiger partial charge on any atom is 0.172 e. The number of nitrogens with zero attached hydrogens (tertiary/aromatic N) is 3. The van der Waals surface area contributed by atoms with Crippen LogP contribution in [0.15, 0.2) is 35.6 Å². The molecule has 3 nitrogen and oxygen atoms in total. The lowest BCUT2D eigenvalue weighted by Crippen LogP contribution is -1.91. The fourth-order valence-electron chi connectivity index (χ4n) is 1.29. The predicted octanol–water partition coefficient (Wildman–Crippen LogP) is 3.95. The average Bonchev–Trinajstić information content (AvgIpc) is 2.38. The Balaban J connectivity index is 2.14. The summed E-state index contributed by atoms with van der Waals surface area (Å²) in [5.41, 5.74) is 1.27. The normalized spacial score (nSPS) is 10.1. The lowest BCUT2D eigenvalue weighted by atomic mass is 10.2. The van der Waals surface area contributed by atoms with E-state index < -0.39 is 0 Å². The van der Waals surface area contributed by atoms with Crippen molar-refractivity contribution < 1.29 is 0 Å². The molecule has 90 valence electrons. The molecule has 0 amide bonds. The average molecular weight is 296 g/mol. The molecule has 0 aliphatic heterocycles. The van der Waals surface area contributed by atoms with Crippen LogP contribution in [0.5, 0.6) is 0 Å². The summed E-state index contributed by atoms with van der Waals surface area (Å²) in [5.74, 6) is 0.614. The van der Waals surface area contributed by atoms with Crippen molar-refractivity contribution in [3.05, 3.63) is 51.9 Å². The first-order valence-electron chi connectivity index (χ1n) is 4.98. The van der Waals surface area contributed by atoms with Crippen molar-refractivity contribution in [2.24, 2.45) is 0 Å². The van der Waals surface area contributed by atoms with Crippen molar-refractivity contribution in [3.63, 3.8) is 0 Å². The second-order valence-electron chi connectivity index (χ2n) is 3.35. The molecule has 2 rings (SSSR count). The Morgan fingerprint density at radius 2 is 2.00 bits per heavy atom. The van der Waals surface area contributed by atoms with Gasteiger partial charge in [-0.3, -0.25) is 0 Å². The van der Waals surface area contributed by atoms with Gasteiger partial charge in [-0.25, -0.2) is 9.97 Å². The van der Waals surface area contributed by atoms with Gasteiger partial charge in [-0.15, -0.1) is 0 Å². The molecule has 0 radical (unpaired) electrons. The minimum absolute atomic E-state index is 0.326. The summed E-state index contributed by atoms with van der Waals surface area (Å²) in [7, 11) is 0. The molecular formula is C12H7Cl2N3S. The first-order chi connectivity index (χ1) is 8.70. The molecule has 1 aromatic carbocycles. The van der Waals surface area contributed by atoms with E-state index in [2.05, 4.69) is 9.97 Å². The highest BCUT2D eigenvalue weighted by molar-refractivity contribution is 7.98. The van der Waals surface area contributed by atoms with Gasteiger partial charge in [0.25, 0.3) is 0 Å². The van der Waals surface area contributed by atoms with Crippen molar-refractivity contribution in [2.45, 2.75) is 10.8 Å². The van der Waals surface area contributed by atoms with E-state index in [4.69, 9.17) is 28.5 Å². The van der Waals surface area contributed by atoms with Gasteiger partial charge in [-0.2, -0.15) is 5.26 Å². The lowest BCUT2D eigenvalue weighted by molar-refractivity contribution is 1.02. The number of rotatable bonds is 3. The number of halogens is 2. The molecular weight excluding hydrogens is 289 g/mol. The molecule has 0 atom stereocenters. The second-order valence-corrected chi connectivity index (χ2v) is 5.15. The van der Waals surface area contributed by atoms with Crippen LogP contribution in [0.1, 0.15) is 11.3 Å². The Morgan fingerprint density at radius 3 is 2.72 bits per heavy atom. The fourth-order valence-corrected chi connectivity index (χ4v) is 2.76. The Morgan fingerprint density at radius 1 is 1.22 bits per heavy atom. The smallest absolute Gasteiger partial charge is 0.172 e. The van der Waals surface area contributed by atoms with Crippen molar-refractivity contribution >= 4 is 35.0 Å². The van der Waals surface area contributed by atoms with E-state index in [1.54, 1.807) is 18.3 Å². The standard InChI is InChI=1S/C12H7Cl2N3S/c13-9-2-1-8(10(14)5-9)7-18-12-11(6-15)16-3-4-17-12/h1-5H,7H2. The fraction of sp³-hybridized carbons (Fsp3) is 0.0833. The molecule has 0 fully saturated rings. The summed E-state index contributed by atoms with van der Waals surface area (Å²) in [5, 5.41) is 10.7. The molecule has 0 unspecified atom stereocenters. The molecule has 0 spiro atoms. The summed E-state index contributed by atoms with van der Waals surface area (Å²) in [6.45, 7) is 0. The first-order valence-corrected chi connectivity index (χ1v) is 6.72. The summed E-state index contributed by atoms with van der Waals surface area (Å²) >= 11 is 13.3. The number of benzene rings is 1. The van der Waals surface area contributed by atoms with Crippen LogP contribution in [0, 0.1) is 11.3 Å². The van der Waals surface area contributed by atoms with Crippen LogP contribution >= 0.6 is 35.0 Å². The minimum atomic E-state index is 0.326. The van der Waals surface area contributed by atoms with Crippen LogP contribution in [-0.4, -0.2) is 9.97 Å². The monoisotopic (exact) mass is 295 g/mol. The highest BCUT2D eigenvalue weighted by Gasteiger charge is 2.07. The minimum Gasteiger partial charge on any atom is -0.245 e. The summed E-state index contributed by atoms with van der Waals surface area (Å²) in [6, 6.07) is 7.35. The molecule has 0 bridgehead atoms. The molecule has 0 saturated heterocycles. The number of nitriles is 1. The molecule has 1 aromatic heterocycles. The van der Waals surface area contributed by atoms with Crippen LogP contribution in [0.2, 0.25) is 10.0 Å². The highest BCUT2D eigenvalue weighted by Crippen LogP contribution is 2.28. The van der Waals surface area contributed by atoms with Gasteiger partial charge in [-0.05, 0) is 17.7 Å². The lowest BCUT2D eigenvalue weighted by Gasteiger charge is -2.04. The van der Waals surface area contributed by atoms with Crippen LogP contribution < -0.4 is 0 Å². The van der Waals surface area contributed by atoms with Crippen LogP contribution in [-0.2, 0) is 5.75 Å². The van der Waals surface area contributed by atoms with Crippen molar-refractivity contribution in [2.75, 3.05) is 0 Å². The van der Waals surface area contributed by atoms with E-state index in [9.17, 15) is 0 Å². The van der Waals surface area contributed by atoms with Gasteiger partial charge in [0, 0.05) is 28.2 Å². The van der Waals surface area contributed by atoms with Crippen LogP contribution in [0.4, 0.5) is 0 Å². The number of aromatic nitrogens is 2. The second kappa shape index (κ2) is 6.05. The third-order valence-corrected chi connectivity index (χ3v) is 3.76. The summed E-state index contributed by atoms with van der Waals surface area (Å²) < 4.78 is 0. The Kier molecular flexibility index (Phi) is 4.43. The quantitative estimate of drug-likeness (QED) is 0.805. The maximum absolute atomic E-state index is 8.90. The van der Waals surface area contributed by atoms with Crippen molar-refractivity contribution in [1.29, 1.82) is 5.26 Å². The van der Waals surface area contributed by atoms with E-state index in [0.717, 1.165) is 5.56 Å². The molecule has 6 heteroatoms. The summed E-state index contributed by atoms with van der Waals surface area (Å²) in [6.07, 6.45) is 3.06. The molecule has 18 heavy (non-hydrogen) atoms. The number of thioether (sulfide) groups is 1. The van der Waals surface area contributed by atoms with E-state index in [1.807, 2.05) is 12.1 Å². The van der Waals surface area contributed by atoms with Crippen molar-refractivity contribution in [1.82, 2.24) is 9.97 Å². The molecule has 0 saturated carbocycles. The number of hydrogen-bond donors (Lipinski definition) is 0. The molecule has 0 aliphatic carbocycles. The van der Waals surface area contributed by atoms with Crippen LogP contribution in [0.3, 0.4) is 0 Å². The Hall–Kier alpha value is -1.28. The molecule has 2 aromatic rings. The van der Waals surface area contributed by atoms with E-state index in [1.165, 1.54) is 18.0 Å². The van der Waals surface area contributed by atoms with Gasteiger partial charge in [0.1, 0.15) is 11.1 Å². The van der Waals surface area contributed by atoms with E-state index in [0.29, 0.717) is 26.5 Å².